The summed E-state index contributed by atoms with van der Waals surface area (Å²) in [6.07, 6.45) is -0.929. The quantitative estimate of drug-likeness (QED) is 0.555. The van der Waals surface area contributed by atoms with Crippen LogP contribution in [-0.2, 0) is 14.2 Å². The number of methoxy groups -OCH3 is 2. The Bertz CT molecular complexity index is 102. The lowest BCUT2D eigenvalue weighted by atomic mass is 10.4. The standard InChI is InChI=1S/C6H12O4/c1-5(4-8-2)10-6(7)9-3/h5H,4H2,1-3H3/t5-/m1/s1. The van der Waals surface area contributed by atoms with Gasteiger partial charge in [-0.2, -0.15) is 0 Å². The summed E-state index contributed by atoms with van der Waals surface area (Å²) in [5, 5.41) is 0. The molecule has 0 saturated carbocycles. The third-order valence-electron chi connectivity index (χ3n) is 0.865. The fourth-order valence-corrected chi connectivity index (χ4v) is 0.481. The monoisotopic (exact) mass is 148 g/mol. The minimum atomic E-state index is -0.676. The van der Waals surface area contributed by atoms with Crippen molar-refractivity contribution >= 4 is 6.16 Å². The molecule has 0 heterocycles. The molecule has 60 valence electrons. The van der Waals surface area contributed by atoms with Gasteiger partial charge in [-0.15, -0.1) is 0 Å². The lowest BCUT2D eigenvalue weighted by Crippen LogP contribution is -2.19. The lowest BCUT2D eigenvalue weighted by Gasteiger charge is -2.09. The highest BCUT2D eigenvalue weighted by Crippen LogP contribution is 1.92. The fraction of sp³-hybridized carbons (Fsp3) is 0.833. The molecule has 0 unspecified atom stereocenters. The normalized spacial score (nSPS) is 12.3. The number of carbonyl (C=O) groups is 1. The van der Waals surface area contributed by atoms with Crippen molar-refractivity contribution in [1.82, 2.24) is 0 Å². The van der Waals surface area contributed by atoms with Crippen molar-refractivity contribution in [3.63, 3.8) is 0 Å². The molecule has 0 bridgehead atoms. The smallest absolute Gasteiger partial charge is 0.438 e. The van der Waals surface area contributed by atoms with Crippen molar-refractivity contribution in [3.05, 3.63) is 0 Å². The molecular weight excluding hydrogens is 136 g/mol. The topological polar surface area (TPSA) is 44.8 Å². The Morgan fingerprint density at radius 3 is 2.50 bits per heavy atom. The van der Waals surface area contributed by atoms with Crippen LogP contribution in [0.2, 0.25) is 0 Å². The van der Waals surface area contributed by atoms with Crippen LogP contribution in [0.5, 0.6) is 0 Å². The van der Waals surface area contributed by atoms with Crippen LogP contribution in [-0.4, -0.2) is 33.1 Å². The zero-order valence-corrected chi connectivity index (χ0v) is 6.42. The molecule has 1 atom stereocenters. The minimum absolute atomic E-state index is 0.252. The van der Waals surface area contributed by atoms with Crippen molar-refractivity contribution in [1.29, 1.82) is 0 Å². The average Bonchev–Trinajstić information content (AvgIpc) is 1.88. The van der Waals surface area contributed by atoms with Crippen LogP contribution < -0.4 is 0 Å². The Labute approximate surface area is 60.1 Å². The van der Waals surface area contributed by atoms with Gasteiger partial charge in [0.1, 0.15) is 6.10 Å². The maximum absolute atomic E-state index is 10.4. The molecule has 0 aromatic rings. The zero-order chi connectivity index (χ0) is 7.98. The second-order valence-corrected chi connectivity index (χ2v) is 1.84. The van der Waals surface area contributed by atoms with E-state index in [2.05, 4.69) is 9.47 Å². The van der Waals surface area contributed by atoms with E-state index in [1.54, 1.807) is 6.92 Å². The van der Waals surface area contributed by atoms with Gasteiger partial charge < -0.3 is 14.2 Å². The number of hydrogen-bond donors (Lipinski definition) is 0. The van der Waals surface area contributed by atoms with Gasteiger partial charge in [-0.3, -0.25) is 0 Å². The van der Waals surface area contributed by atoms with E-state index in [4.69, 9.17) is 4.74 Å². The molecule has 4 heteroatoms. The molecule has 0 amide bonds. The van der Waals surface area contributed by atoms with E-state index in [1.807, 2.05) is 0 Å². The molecule has 10 heavy (non-hydrogen) atoms. The van der Waals surface area contributed by atoms with Crippen LogP contribution in [0.3, 0.4) is 0 Å². The fourth-order valence-electron chi connectivity index (χ4n) is 0.481. The number of ether oxygens (including phenoxy) is 3. The van der Waals surface area contributed by atoms with Crippen LogP contribution in [0.15, 0.2) is 0 Å². The maximum Gasteiger partial charge on any atom is 0.508 e. The predicted molar refractivity (Wildman–Crippen MR) is 34.8 cm³/mol. The molecule has 0 aliphatic rings. The first-order valence-electron chi connectivity index (χ1n) is 2.94. The molecule has 0 fully saturated rings. The molecule has 0 spiro atoms. The summed E-state index contributed by atoms with van der Waals surface area (Å²) in [6.45, 7) is 2.11. The molecule has 0 aliphatic heterocycles. The Hall–Kier alpha value is -0.770. The van der Waals surface area contributed by atoms with Crippen LogP contribution >= 0.6 is 0 Å². The summed E-state index contributed by atoms with van der Waals surface area (Å²) in [6, 6.07) is 0. The van der Waals surface area contributed by atoms with Gasteiger partial charge in [0.05, 0.1) is 13.7 Å². The van der Waals surface area contributed by atoms with Gasteiger partial charge in [-0.1, -0.05) is 0 Å². The molecule has 0 aromatic carbocycles. The molecule has 0 aromatic heterocycles. The summed E-state index contributed by atoms with van der Waals surface area (Å²) >= 11 is 0. The van der Waals surface area contributed by atoms with E-state index in [1.165, 1.54) is 14.2 Å². The second kappa shape index (κ2) is 5.05. The maximum atomic E-state index is 10.4. The van der Waals surface area contributed by atoms with Gasteiger partial charge in [0.2, 0.25) is 0 Å². The van der Waals surface area contributed by atoms with E-state index in [0.29, 0.717) is 6.61 Å². The predicted octanol–water partition coefficient (Wildman–Crippen LogP) is 0.804. The largest absolute Gasteiger partial charge is 0.508 e. The minimum Gasteiger partial charge on any atom is -0.438 e. The molecule has 0 rings (SSSR count). The van der Waals surface area contributed by atoms with E-state index in [0.717, 1.165) is 0 Å². The summed E-state index contributed by atoms with van der Waals surface area (Å²) in [5.74, 6) is 0. The van der Waals surface area contributed by atoms with Crippen molar-refractivity contribution < 1.29 is 19.0 Å². The van der Waals surface area contributed by atoms with Gasteiger partial charge in [0, 0.05) is 7.11 Å². The Morgan fingerprint density at radius 2 is 2.10 bits per heavy atom. The number of hydrogen-bond acceptors (Lipinski definition) is 4. The zero-order valence-electron chi connectivity index (χ0n) is 6.42. The van der Waals surface area contributed by atoms with E-state index in [-0.39, 0.29) is 6.10 Å². The Kier molecular flexibility index (Phi) is 4.66. The molecular formula is C6H12O4. The summed E-state index contributed by atoms with van der Waals surface area (Å²) in [4.78, 5) is 10.4. The molecule has 0 aliphatic carbocycles. The van der Waals surface area contributed by atoms with Gasteiger partial charge in [0.15, 0.2) is 0 Å². The summed E-state index contributed by atoms with van der Waals surface area (Å²) in [7, 11) is 2.80. The van der Waals surface area contributed by atoms with Crippen LogP contribution in [0.25, 0.3) is 0 Å². The molecule has 4 nitrogen and oxygen atoms in total. The first-order chi connectivity index (χ1) is 4.70. The second-order valence-electron chi connectivity index (χ2n) is 1.84. The number of carbonyl (C=O) groups excluding carboxylic acids is 1. The molecule has 0 N–H and O–H groups in total. The average molecular weight is 148 g/mol. The van der Waals surface area contributed by atoms with E-state index < -0.39 is 6.16 Å². The third kappa shape index (κ3) is 4.14. The van der Waals surface area contributed by atoms with E-state index in [9.17, 15) is 4.79 Å². The summed E-state index contributed by atoms with van der Waals surface area (Å²) in [5.41, 5.74) is 0. The van der Waals surface area contributed by atoms with Crippen molar-refractivity contribution in [3.8, 4) is 0 Å². The van der Waals surface area contributed by atoms with Crippen molar-refractivity contribution in [2.75, 3.05) is 20.8 Å². The van der Waals surface area contributed by atoms with Crippen LogP contribution in [0.4, 0.5) is 4.79 Å². The molecule has 0 saturated heterocycles. The highest BCUT2D eigenvalue weighted by atomic mass is 16.7. The number of rotatable bonds is 3. The highest BCUT2D eigenvalue weighted by Gasteiger charge is 2.07. The van der Waals surface area contributed by atoms with Crippen LogP contribution in [0.1, 0.15) is 6.92 Å². The van der Waals surface area contributed by atoms with E-state index >= 15 is 0 Å². The lowest BCUT2D eigenvalue weighted by molar-refractivity contribution is 0.0106. The Morgan fingerprint density at radius 1 is 1.50 bits per heavy atom. The summed E-state index contributed by atoms with van der Waals surface area (Å²) < 4.78 is 13.6. The SMILES string of the molecule is COC[C@@H](C)OC(=O)OC. The van der Waals surface area contributed by atoms with Crippen molar-refractivity contribution in [2.24, 2.45) is 0 Å². The van der Waals surface area contributed by atoms with Gasteiger partial charge in [-0.25, -0.2) is 4.79 Å². The van der Waals surface area contributed by atoms with Gasteiger partial charge in [0.25, 0.3) is 0 Å². The van der Waals surface area contributed by atoms with Crippen molar-refractivity contribution in [2.45, 2.75) is 13.0 Å². The van der Waals surface area contributed by atoms with Crippen LogP contribution in [0, 0.1) is 0 Å². The third-order valence-corrected chi connectivity index (χ3v) is 0.865. The first-order valence-corrected chi connectivity index (χ1v) is 2.94. The first kappa shape index (κ1) is 9.23. The van der Waals surface area contributed by atoms with Gasteiger partial charge in [-0.05, 0) is 6.92 Å². The Balaban J connectivity index is 3.37. The van der Waals surface area contributed by atoms with Gasteiger partial charge >= 0.3 is 6.16 Å². The molecule has 0 radical (unpaired) electrons. The highest BCUT2D eigenvalue weighted by molar-refractivity contribution is 5.59.